The summed E-state index contributed by atoms with van der Waals surface area (Å²) in [4.78, 5) is 23.8. The van der Waals surface area contributed by atoms with Crippen LogP contribution in [0.4, 0.5) is 0 Å². The Labute approximate surface area is 132 Å². The summed E-state index contributed by atoms with van der Waals surface area (Å²) in [5, 5.41) is 0. The first-order chi connectivity index (χ1) is 10.3. The van der Waals surface area contributed by atoms with Gasteiger partial charge in [0, 0.05) is 0 Å². The number of esters is 2. The van der Waals surface area contributed by atoms with E-state index in [-0.39, 0.29) is 24.8 Å². The summed E-state index contributed by atoms with van der Waals surface area (Å²) in [6, 6.07) is 0. The molecule has 0 unspecified atom stereocenters. The molecule has 0 heterocycles. The summed E-state index contributed by atoms with van der Waals surface area (Å²) in [5.74, 6) is -0.531. The second-order valence-electron chi connectivity index (χ2n) is 5.42. The highest BCUT2D eigenvalue weighted by atomic mass is 16.5. The third kappa shape index (κ3) is 4.09. The lowest BCUT2D eigenvalue weighted by molar-refractivity contribution is -0.143. The molecule has 0 aliphatic carbocycles. The molecule has 0 aromatic heterocycles. The molecular weight excluding hydrogens is 280 g/mol. The van der Waals surface area contributed by atoms with Crippen molar-refractivity contribution in [2.24, 2.45) is 0 Å². The third-order valence-corrected chi connectivity index (χ3v) is 4.21. The van der Waals surface area contributed by atoms with Crippen LogP contribution in [0.5, 0.6) is 0 Å². The fourth-order valence-electron chi connectivity index (χ4n) is 2.66. The standard InChI is InChI=1S/C18H26O4/c1-7-21-17(19)9-15-13(5)11(3)12(4)14(6)16(15)10-18(20)22-8-2/h7-10H2,1-6H3. The maximum atomic E-state index is 11.9. The maximum Gasteiger partial charge on any atom is 0.310 e. The molecule has 0 aliphatic rings. The highest BCUT2D eigenvalue weighted by Gasteiger charge is 2.20. The van der Waals surface area contributed by atoms with E-state index in [9.17, 15) is 9.59 Å². The molecular formula is C18H26O4. The minimum absolute atomic E-state index is 0.191. The molecule has 0 N–H and O–H groups in total. The van der Waals surface area contributed by atoms with Crippen LogP contribution in [0, 0.1) is 27.7 Å². The van der Waals surface area contributed by atoms with Crippen molar-refractivity contribution < 1.29 is 19.1 Å². The Morgan fingerprint density at radius 3 is 1.27 bits per heavy atom. The second-order valence-corrected chi connectivity index (χ2v) is 5.42. The minimum Gasteiger partial charge on any atom is -0.466 e. The van der Waals surface area contributed by atoms with Crippen LogP contribution in [0.25, 0.3) is 0 Å². The molecule has 0 aliphatic heterocycles. The van der Waals surface area contributed by atoms with Crippen molar-refractivity contribution in [2.75, 3.05) is 13.2 Å². The van der Waals surface area contributed by atoms with Gasteiger partial charge in [-0.15, -0.1) is 0 Å². The van der Waals surface area contributed by atoms with Crippen LogP contribution in [0.3, 0.4) is 0 Å². The van der Waals surface area contributed by atoms with Gasteiger partial charge in [-0.2, -0.15) is 0 Å². The molecule has 0 fully saturated rings. The van der Waals surface area contributed by atoms with Gasteiger partial charge in [-0.25, -0.2) is 0 Å². The van der Waals surface area contributed by atoms with Gasteiger partial charge in [-0.1, -0.05) is 0 Å². The summed E-state index contributed by atoms with van der Waals surface area (Å²) >= 11 is 0. The first kappa shape index (κ1) is 18.2. The summed E-state index contributed by atoms with van der Waals surface area (Å²) in [6.07, 6.45) is 0.382. The van der Waals surface area contributed by atoms with Gasteiger partial charge in [0.15, 0.2) is 0 Å². The van der Waals surface area contributed by atoms with Crippen molar-refractivity contribution in [1.29, 1.82) is 0 Å². The molecule has 122 valence electrons. The predicted molar refractivity (Wildman–Crippen MR) is 86.1 cm³/mol. The number of hydrogen-bond donors (Lipinski definition) is 0. The van der Waals surface area contributed by atoms with Gasteiger partial charge in [0.05, 0.1) is 26.1 Å². The largest absolute Gasteiger partial charge is 0.466 e. The fraction of sp³-hybridized carbons (Fsp3) is 0.556. The number of carbonyl (C=O) groups is 2. The Kier molecular flexibility index (Phi) is 6.60. The van der Waals surface area contributed by atoms with Crippen LogP contribution in [-0.2, 0) is 31.9 Å². The van der Waals surface area contributed by atoms with Gasteiger partial charge < -0.3 is 9.47 Å². The second kappa shape index (κ2) is 7.97. The molecule has 0 saturated heterocycles. The van der Waals surface area contributed by atoms with Crippen LogP contribution in [-0.4, -0.2) is 25.2 Å². The van der Waals surface area contributed by atoms with Gasteiger partial charge in [-0.3, -0.25) is 9.59 Å². The average molecular weight is 306 g/mol. The molecule has 0 saturated carbocycles. The van der Waals surface area contributed by atoms with Crippen LogP contribution < -0.4 is 0 Å². The number of hydrogen-bond acceptors (Lipinski definition) is 4. The topological polar surface area (TPSA) is 52.6 Å². The van der Waals surface area contributed by atoms with E-state index >= 15 is 0 Å². The van der Waals surface area contributed by atoms with E-state index in [0.717, 1.165) is 33.4 Å². The molecule has 1 aromatic carbocycles. The molecule has 0 spiro atoms. The van der Waals surface area contributed by atoms with Gasteiger partial charge in [0.2, 0.25) is 0 Å². The molecule has 22 heavy (non-hydrogen) atoms. The first-order valence-electron chi connectivity index (χ1n) is 7.72. The lowest BCUT2D eigenvalue weighted by atomic mass is 9.86. The van der Waals surface area contributed by atoms with Crippen molar-refractivity contribution in [3.63, 3.8) is 0 Å². The van der Waals surface area contributed by atoms with Crippen molar-refractivity contribution in [3.8, 4) is 0 Å². The number of ether oxygens (including phenoxy) is 2. The van der Waals surface area contributed by atoms with Gasteiger partial charge >= 0.3 is 11.9 Å². The zero-order valence-electron chi connectivity index (χ0n) is 14.5. The molecule has 0 radical (unpaired) electrons. The van der Waals surface area contributed by atoms with Crippen molar-refractivity contribution in [1.82, 2.24) is 0 Å². The van der Waals surface area contributed by atoms with Gasteiger partial charge in [-0.05, 0) is 74.9 Å². The van der Waals surface area contributed by atoms with E-state index in [1.165, 1.54) is 0 Å². The average Bonchev–Trinajstić information content (AvgIpc) is 2.47. The Morgan fingerprint density at radius 1 is 0.682 bits per heavy atom. The zero-order chi connectivity index (χ0) is 16.9. The van der Waals surface area contributed by atoms with E-state index in [0.29, 0.717) is 13.2 Å². The summed E-state index contributed by atoms with van der Waals surface area (Å²) in [6.45, 7) is 12.4. The van der Waals surface area contributed by atoms with Crippen LogP contribution in [0.15, 0.2) is 0 Å². The third-order valence-electron chi connectivity index (χ3n) is 4.21. The van der Waals surface area contributed by atoms with Crippen LogP contribution >= 0.6 is 0 Å². The van der Waals surface area contributed by atoms with Crippen molar-refractivity contribution in [2.45, 2.75) is 54.4 Å². The summed E-state index contributed by atoms with van der Waals surface area (Å²) in [5.41, 5.74) is 6.21. The number of benzene rings is 1. The zero-order valence-corrected chi connectivity index (χ0v) is 14.5. The number of carbonyl (C=O) groups excluding carboxylic acids is 2. The lowest BCUT2D eigenvalue weighted by Crippen LogP contribution is -2.17. The highest BCUT2D eigenvalue weighted by molar-refractivity contribution is 5.78. The molecule has 0 atom stereocenters. The first-order valence-corrected chi connectivity index (χ1v) is 7.72. The Hall–Kier alpha value is -1.84. The summed E-state index contributed by atoms with van der Waals surface area (Å²) < 4.78 is 10.1. The Bertz CT molecular complexity index is 522. The van der Waals surface area contributed by atoms with Crippen molar-refractivity contribution in [3.05, 3.63) is 33.4 Å². The normalized spacial score (nSPS) is 10.5. The van der Waals surface area contributed by atoms with E-state index in [1.54, 1.807) is 13.8 Å². The SMILES string of the molecule is CCOC(=O)Cc1c(C)c(C)c(C)c(C)c1CC(=O)OCC. The van der Waals surface area contributed by atoms with E-state index < -0.39 is 0 Å². The van der Waals surface area contributed by atoms with Crippen LogP contribution in [0.2, 0.25) is 0 Å². The maximum absolute atomic E-state index is 11.9. The Balaban J connectivity index is 3.31. The monoisotopic (exact) mass is 306 g/mol. The van der Waals surface area contributed by atoms with E-state index in [4.69, 9.17) is 9.47 Å². The quantitative estimate of drug-likeness (QED) is 0.758. The van der Waals surface area contributed by atoms with E-state index in [1.807, 2.05) is 27.7 Å². The smallest absolute Gasteiger partial charge is 0.310 e. The van der Waals surface area contributed by atoms with Gasteiger partial charge in [0.25, 0.3) is 0 Å². The molecule has 4 heteroatoms. The molecule has 0 amide bonds. The highest BCUT2D eigenvalue weighted by Crippen LogP contribution is 2.28. The molecule has 1 rings (SSSR count). The molecule has 1 aromatic rings. The minimum atomic E-state index is -0.265. The predicted octanol–water partition coefficient (Wildman–Crippen LogP) is 3.13. The van der Waals surface area contributed by atoms with Crippen LogP contribution in [0.1, 0.15) is 47.2 Å². The molecule has 0 bridgehead atoms. The number of rotatable bonds is 6. The van der Waals surface area contributed by atoms with Crippen molar-refractivity contribution >= 4 is 11.9 Å². The van der Waals surface area contributed by atoms with E-state index in [2.05, 4.69) is 0 Å². The summed E-state index contributed by atoms with van der Waals surface area (Å²) in [7, 11) is 0. The molecule has 4 nitrogen and oxygen atoms in total. The Morgan fingerprint density at radius 2 is 1.00 bits per heavy atom. The van der Waals surface area contributed by atoms with Gasteiger partial charge in [0.1, 0.15) is 0 Å². The fourth-order valence-corrected chi connectivity index (χ4v) is 2.66. The lowest BCUT2D eigenvalue weighted by Gasteiger charge is -2.20.